The van der Waals surface area contributed by atoms with Crippen molar-refractivity contribution in [2.24, 2.45) is 0 Å². The number of thiol groups is 1. The molecule has 34 heavy (non-hydrogen) atoms. The number of Topliss-reactive ketones (excluding diaryl/α,β-unsaturated/α-hetero) is 1. The molecule has 5 rings (SSSR count). The van der Waals surface area contributed by atoms with Gasteiger partial charge < -0.3 is 4.74 Å². The van der Waals surface area contributed by atoms with E-state index in [-0.39, 0.29) is 18.3 Å². The van der Waals surface area contributed by atoms with Crippen molar-refractivity contribution in [1.82, 2.24) is 9.29 Å². The maximum atomic E-state index is 13.7. The van der Waals surface area contributed by atoms with Crippen LogP contribution in [0.5, 0.6) is 5.88 Å². The van der Waals surface area contributed by atoms with Crippen LogP contribution in [0.15, 0.2) is 59.3 Å². The maximum absolute atomic E-state index is 13.7. The molecular weight excluding hydrogens is 488 g/mol. The molecule has 2 unspecified atom stereocenters. The number of hydrogen-bond acceptors (Lipinski definition) is 6. The molecule has 1 aliphatic carbocycles. The van der Waals surface area contributed by atoms with E-state index in [0.717, 1.165) is 31.2 Å². The molecule has 1 aromatic carbocycles. The van der Waals surface area contributed by atoms with Crippen molar-refractivity contribution in [3.05, 3.63) is 81.1 Å². The van der Waals surface area contributed by atoms with Gasteiger partial charge in [-0.2, -0.15) is 11.3 Å². The van der Waals surface area contributed by atoms with E-state index in [1.807, 2.05) is 35.0 Å². The third kappa shape index (κ3) is 4.14. The summed E-state index contributed by atoms with van der Waals surface area (Å²) in [7, 11) is 0. The van der Waals surface area contributed by atoms with E-state index in [1.165, 1.54) is 22.1 Å². The largest absolute Gasteiger partial charge is 0.474 e. The summed E-state index contributed by atoms with van der Waals surface area (Å²) in [6.07, 6.45) is 5.74. The molecule has 2 atom stereocenters. The molecule has 176 valence electrons. The van der Waals surface area contributed by atoms with Crippen molar-refractivity contribution >= 4 is 47.4 Å². The fraction of sp³-hybridized carbons (Fsp3) is 0.346. The zero-order valence-electron chi connectivity index (χ0n) is 18.5. The van der Waals surface area contributed by atoms with Crippen LogP contribution in [0, 0.1) is 0 Å². The molecule has 1 saturated carbocycles. The van der Waals surface area contributed by atoms with Crippen LogP contribution in [-0.2, 0) is 15.1 Å². The lowest BCUT2D eigenvalue weighted by molar-refractivity contribution is -0.142. The highest BCUT2D eigenvalue weighted by atomic mass is 35.5. The Kier molecular flexibility index (Phi) is 6.69. The number of carbonyl (C=O) groups is 2. The predicted molar refractivity (Wildman–Crippen MR) is 136 cm³/mol. The SMILES string of the molecule is O=C1CC(c2ccsc2)(c2cccc(OC3CCCCC3)n2)N(S)C(=O)C1c1ccccc1Cl. The Labute approximate surface area is 213 Å². The Morgan fingerprint density at radius 1 is 1.06 bits per heavy atom. The van der Waals surface area contributed by atoms with Crippen LogP contribution in [0.1, 0.15) is 61.3 Å². The first-order valence-corrected chi connectivity index (χ1v) is 13.2. The first-order chi connectivity index (χ1) is 16.5. The molecule has 3 aromatic rings. The number of rotatable bonds is 5. The van der Waals surface area contributed by atoms with E-state index in [2.05, 4.69) is 0 Å². The number of pyridine rings is 1. The number of carbonyl (C=O) groups excluding carboxylic acids is 2. The number of piperidine rings is 1. The van der Waals surface area contributed by atoms with Crippen molar-refractivity contribution in [1.29, 1.82) is 0 Å². The van der Waals surface area contributed by atoms with Gasteiger partial charge in [0.1, 0.15) is 17.6 Å². The highest BCUT2D eigenvalue weighted by Gasteiger charge is 2.53. The van der Waals surface area contributed by atoms with E-state index in [4.69, 9.17) is 34.1 Å². The average molecular weight is 513 g/mol. The molecule has 0 radical (unpaired) electrons. The Morgan fingerprint density at radius 2 is 1.85 bits per heavy atom. The van der Waals surface area contributed by atoms with Gasteiger partial charge in [-0.25, -0.2) is 4.98 Å². The minimum Gasteiger partial charge on any atom is -0.474 e. The smallest absolute Gasteiger partial charge is 0.248 e. The van der Waals surface area contributed by atoms with Gasteiger partial charge in [-0.1, -0.05) is 55.1 Å². The lowest BCUT2D eigenvalue weighted by atomic mass is 9.75. The number of ketones is 1. The number of thiophene rings is 1. The molecule has 0 N–H and O–H groups in total. The normalized spacial score (nSPS) is 23.8. The number of hydrogen-bond donors (Lipinski definition) is 1. The summed E-state index contributed by atoms with van der Waals surface area (Å²) in [6, 6.07) is 14.4. The summed E-state index contributed by atoms with van der Waals surface area (Å²) in [5, 5.41) is 4.26. The summed E-state index contributed by atoms with van der Waals surface area (Å²) < 4.78 is 7.58. The topological polar surface area (TPSA) is 59.5 Å². The molecule has 1 aliphatic heterocycles. The number of benzene rings is 1. The van der Waals surface area contributed by atoms with Crippen LogP contribution in [0.3, 0.4) is 0 Å². The Morgan fingerprint density at radius 3 is 2.59 bits per heavy atom. The summed E-state index contributed by atoms with van der Waals surface area (Å²) in [5.74, 6) is -1.12. The Balaban J connectivity index is 1.55. The Bertz CT molecular complexity index is 1200. The second-order valence-corrected chi connectivity index (χ2v) is 10.4. The molecule has 5 nitrogen and oxygen atoms in total. The standard InChI is InChI=1S/C26H25ClN2O3S2/c27-20-10-5-4-9-19(20)24-21(30)15-26(29(33)25(24)31,17-13-14-34-16-17)22-11-6-12-23(28-22)32-18-7-2-1-3-8-18/h4-6,9-14,16,18,24,33H,1-3,7-8,15H2. The third-order valence-corrected chi connectivity index (χ3v) is 8.34. The minimum atomic E-state index is -1.14. The van der Waals surface area contributed by atoms with Gasteiger partial charge in [0.05, 0.1) is 5.69 Å². The zero-order chi connectivity index (χ0) is 23.7. The van der Waals surface area contributed by atoms with Crippen LogP contribution in [0.4, 0.5) is 0 Å². The van der Waals surface area contributed by atoms with E-state index in [0.29, 0.717) is 22.2 Å². The van der Waals surface area contributed by atoms with E-state index in [9.17, 15) is 9.59 Å². The van der Waals surface area contributed by atoms with E-state index < -0.39 is 17.4 Å². The number of nitrogens with zero attached hydrogens (tertiary/aromatic N) is 2. The van der Waals surface area contributed by atoms with Crippen molar-refractivity contribution in [2.45, 2.75) is 56.1 Å². The molecule has 0 spiro atoms. The summed E-state index contributed by atoms with van der Waals surface area (Å²) in [5.41, 5.74) is 0.725. The highest BCUT2D eigenvalue weighted by Crippen LogP contribution is 2.48. The number of ether oxygens (including phenoxy) is 1. The lowest BCUT2D eigenvalue weighted by Gasteiger charge is -2.45. The summed E-state index contributed by atoms with van der Waals surface area (Å²) in [4.78, 5) is 32.1. The van der Waals surface area contributed by atoms with Crippen LogP contribution in [-0.4, -0.2) is 27.1 Å². The predicted octanol–water partition coefficient (Wildman–Crippen LogP) is 6.18. The molecule has 2 aromatic heterocycles. The van der Waals surface area contributed by atoms with Crippen LogP contribution >= 0.6 is 35.8 Å². The summed E-state index contributed by atoms with van der Waals surface area (Å²) in [6.45, 7) is 0. The van der Waals surface area contributed by atoms with Gasteiger partial charge in [0.25, 0.3) is 0 Å². The van der Waals surface area contributed by atoms with Gasteiger partial charge in [-0.3, -0.25) is 13.9 Å². The molecule has 8 heteroatoms. The molecule has 2 fully saturated rings. The average Bonchev–Trinajstić information content (AvgIpc) is 3.39. The van der Waals surface area contributed by atoms with E-state index >= 15 is 0 Å². The minimum absolute atomic E-state index is 0.0365. The van der Waals surface area contributed by atoms with Crippen molar-refractivity contribution < 1.29 is 14.3 Å². The van der Waals surface area contributed by atoms with Gasteiger partial charge in [-0.15, -0.1) is 0 Å². The van der Waals surface area contributed by atoms with E-state index in [1.54, 1.807) is 24.3 Å². The number of halogens is 1. The van der Waals surface area contributed by atoms with Crippen molar-refractivity contribution in [3.63, 3.8) is 0 Å². The second-order valence-electron chi connectivity index (χ2n) is 8.86. The van der Waals surface area contributed by atoms with Gasteiger partial charge in [-0.05, 0) is 65.8 Å². The van der Waals surface area contributed by atoms with Crippen molar-refractivity contribution in [2.75, 3.05) is 0 Å². The monoisotopic (exact) mass is 512 g/mol. The number of amides is 1. The first kappa shape index (κ1) is 23.4. The van der Waals surface area contributed by atoms with Gasteiger partial charge in [0.15, 0.2) is 5.78 Å². The molecule has 1 saturated heterocycles. The second kappa shape index (κ2) is 9.72. The first-order valence-electron chi connectivity index (χ1n) is 11.5. The van der Waals surface area contributed by atoms with Gasteiger partial charge in [0, 0.05) is 17.5 Å². The van der Waals surface area contributed by atoms with Crippen LogP contribution in [0.25, 0.3) is 0 Å². The molecule has 2 aliphatic rings. The molecular formula is C26H25ClN2O3S2. The quantitative estimate of drug-likeness (QED) is 0.327. The van der Waals surface area contributed by atoms with Gasteiger partial charge in [0.2, 0.25) is 11.8 Å². The fourth-order valence-corrected chi connectivity index (χ4v) is 6.40. The maximum Gasteiger partial charge on any atom is 0.248 e. The summed E-state index contributed by atoms with van der Waals surface area (Å²) >= 11 is 12.6. The highest BCUT2D eigenvalue weighted by molar-refractivity contribution is 7.78. The Hall–Kier alpha value is -2.35. The van der Waals surface area contributed by atoms with Gasteiger partial charge >= 0.3 is 0 Å². The van der Waals surface area contributed by atoms with Crippen molar-refractivity contribution in [3.8, 4) is 5.88 Å². The van der Waals surface area contributed by atoms with Crippen LogP contribution < -0.4 is 4.74 Å². The van der Waals surface area contributed by atoms with Crippen LogP contribution in [0.2, 0.25) is 5.02 Å². The number of aromatic nitrogens is 1. The third-order valence-electron chi connectivity index (χ3n) is 6.77. The molecule has 3 heterocycles. The lowest BCUT2D eigenvalue weighted by Crippen LogP contribution is -2.54. The molecule has 1 amide bonds. The molecule has 0 bridgehead atoms. The zero-order valence-corrected chi connectivity index (χ0v) is 21.0. The fourth-order valence-electron chi connectivity index (χ4n) is 5.03.